The molecule has 1 heterocycles. The number of nitrogens with one attached hydrogen (secondary N) is 1. The fourth-order valence-electron chi connectivity index (χ4n) is 5.70. The van der Waals surface area contributed by atoms with Gasteiger partial charge in [-0.25, -0.2) is 12.8 Å². The highest BCUT2D eigenvalue weighted by molar-refractivity contribution is 7.92. The summed E-state index contributed by atoms with van der Waals surface area (Å²) in [6.45, 7) is 1.83. The van der Waals surface area contributed by atoms with Gasteiger partial charge in [0, 0.05) is 23.7 Å². The summed E-state index contributed by atoms with van der Waals surface area (Å²) in [7, 11) is -4.37. The number of halogens is 2. The molecule has 1 atom stereocenters. The third-order valence-electron chi connectivity index (χ3n) is 8.10. The van der Waals surface area contributed by atoms with Crippen molar-refractivity contribution in [1.29, 1.82) is 0 Å². The Hall–Kier alpha value is -3.83. The Morgan fingerprint density at radius 1 is 0.956 bits per heavy atom. The van der Waals surface area contributed by atoms with Gasteiger partial charge in [-0.15, -0.1) is 0 Å². The van der Waals surface area contributed by atoms with Gasteiger partial charge in [0.2, 0.25) is 11.8 Å². The first-order chi connectivity index (χ1) is 21.7. The molecule has 1 aliphatic heterocycles. The van der Waals surface area contributed by atoms with Crippen molar-refractivity contribution >= 4 is 39.1 Å². The summed E-state index contributed by atoms with van der Waals surface area (Å²) in [4.78, 5) is 29.2. The number of carbonyl (C=O) groups excluding carboxylic acids is 2. The molecule has 5 rings (SSSR count). The molecule has 12 heteroatoms. The van der Waals surface area contributed by atoms with Crippen molar-refractivity contribution < 1.29 is 31.9 Å². The van der Waals surface area contributed by atoms with Gasteiger partial charge >= 0.3 is 0 Å². The van der Waals surface area contributed by atoms with Crippen LogP contribution < -0.4 is 19.1 Å². The van der Waals surface area contributed by atoms with Crippen molar-refractivity contribution in [2.75, 3.05) is 24.1 Å². The van der Waals surface area contributed by atoms with Gasteiger partial charge in [-0.3, -0.25) is 13.9 Å². The Kier molecular flexibility index (Phi) is 10.5. The molecular weight excluding hydrogens is 621 g/mol. The SMILES string of the molecule is CCC(C(=O)NC1CCCCC1)N(Cc1ccc(Cl)cc1)C(=O)CN(c1ccc(F)cc1)S(=O)(=O)c1ccc2c(c1)OCCO2. The molecule has 0 bridgehead atoms. The Morgan fingerprint density at radius 2 is 1.62 bits per heavy atom. The van der Waals surface area contributed by atoms with Crippen LogP contribution in [0.25, 0.3) is 0 Å². The third kappa shape index (κ3) is 7.88. The summed E-state index contributed by atoms with van der Waals surface area (Å²) < 4.78 is 54.3. The van der Waals surface area contributed by atoms with E-state index in [1.807, 2.05) is 6.92 Å². The number of hydrogen-bond donors (Lipinski definition) is 1. The van der Waals surface area contributed by atoms with Crippen LogP contribution in [0.4, 0.5) is 10.1 Å². The summed E-state index contributed by atoms with van der Waals surface area (Å²) >= 11 is 6.10. The van der Waals surface area contributed by atoms with E-state index < -0.39 is 34.3 Å². The number of anilines is 1. The number of carbonyl (C=O) groups is 2. The van der Waals surface area contributed by atoms with Crippen molar-refractivity contribution in [3.8, 4) is 11.5 Å². The quantitative estimate of drug-likeness (QED) is 0.284. The summed E-state index contributed by atoms with van der Waals surface area (Å²) in [6, 6.07) is 15.2. The standard InChI is InChI=1S/C33H37ClFN3O6S/c1-2-29(33(40)36-26-6-4-3-5-7-26)37(21-23-8-10-24(34)11-9-23)32(39)22-38(27-14-12-25(35)13-15-27)45(41,42)28-16-17-30-31(20-28)44-19-18-43-30/h8-17,20,26,29H,2-7,18-19,21-22H2,1H3,(H,36,40). The Morgan fingerprint density at radius 3 is 2.29 bits per heavy atom. The Balaban J connectivity index is 1.49. The van der Waals surface area contributed by atoms with Crippen molar-refractivity contribution in [2.45, 2.75) is 69.0 Å². The molecule has 1 fully saturated rings. The van der Waals surface area contributed by atoms with Gasteiger partial charge in [0.25, 0.3) is 10.0 Å². The lowest BCUT2D eigenvalue weighted by Gasteiger charge is -2.34. The minimum absolute atomic E-state index is 0.0269. The van der Waals surface area contributed by atoms with Crippen LogP contribution >= 0.6 is 11.6 Å². The number of amides is 2. The van der Waals surface area contributed by atoms with E-state index in [9.17, 15) is 22.4 Å². The summed E-state index contributed by atoms with van der Waals surface area (Å²) in [6.07, 6.45) is 5.24. The van der Waals surface area contributed by atoms with E-state index in [2.05, 4.69) is 5.32 Å². The highest BCUT2D eigenvalue weighted by Crippen LogP contribution is 2.34. The lowest BCUT2D eigenvalue weighted by atomic mass is 9.95. The number of fused-ring (bicyclic) bond motifs is 1. The lowest BCUT2D eigenvalue weighted by molar-refractivity contribution is -0.140. The summed E-state index contributed by atoms with van der Waals surface area (Å²) in [5.41, 5.74) is 0.811. The number of ether oxygens (including phenoxy) is 2. The van der Waals surface area contributed by atoms with E-state index in [1.165, 1.54) is 35.2 Å². The number of sulfonamides is 1. The number of hydrogen-bond acceptors (Lipinski definition) is 6. The lowest BCUT2D eigenvalue weighted by Crippen LogP contribution is -2.54. The topological polar surface area (TPSA) is 105 Å². The van der Waals surface area contributed by atoms with Gasteiger partial charge in [-0.2, -0.15) is 0 Å². The van der Waals surface area contributed by atoms with Crippen LogP contribution in [0.15, 0.2) is 71.6 Å². The first-order valence-electron chi connectivity index (χ1n) is 15.2. The van der Waals surface area contributed by atoms with E-state index in [0.717, 1.165) is 54.1 Å². The maximum absolute atomic E-state index is 14.3. The number of benzene rings is 3. The van der Waals surface area contributed by atoms with Crippen molar-refractivity contribution in [3.05, 3.63) is 83.1 Å². The summed E-state index contributed by atoms with van der Waals surface area (Å²) in [5, 5.41) is 3.64. The van der Waals surface area contributed by atoms with Gasteiger partial charge in [0.1, 0.15) is 31.6 Å². The van der Waals surface area contributed by atoms with E-state index in [4.69, 9.17) is 21.1 Å². The van der Waals surface area contributed by atoms with Gasteiger partial charge in [-0.05, 0) is 73.4 Å². The molecule has 1 unspecified atom stereocenters. The second-order valence-corrected chi connectivity index (χ2v) is 13.5. The van der Waals surface area contributed by atoms with Crippen molar-refractivity contribution in [2.24, 2.45) is 0 Å². The zero-order valence-electron chi connectivity index (χ0n) is 25.1. The number of rotatable bonds is 11. The minimum Gasteiger partial charge on any atom is -0.486 e. The zero-order valence-corrected chi connectivity index (χ0v) is 26.7. The molecule has 240 valence electrons. The monoisotopic (exact) mass is 657 g/mol. The molecule has 0 aromatic heterocycles. The van der Waals surface area contributed by atoms with E-state index >= 15 is 0 Å². The molecule has 3 aromatic rings. The molecule has 0 spiro atoms. The molecule has 0 radical (unpaired) electrons. The molecular formula is C33H37ClFN3O6S. The molecule has 3 aromatic carbocycles. The highest BCUT2D eigenvalue weighted by Gasteiger charge is 2.35. The van der Waals surface area contributed by atoms with E-state index in [0.29, 0.717) is 23.8 Å². The molecule has 45 heavy (non-hydrogen) atoms. The van der Waals surface area contributed by atoms with Crippen LogP contribution in [0.2, 0.25) is 5.02 Å². The molecule has 9 nitrogen and oxygen atoms in total. The normalized spacial score (nSPS) is 15.6. The van der Waals surface area contributed by atoms with Gasteiger partial charge in [0.05, 0.1) is 10.6 Å². The highest BCUT2D eigenvalue weighted by atomic mass is 35.5. The van der Waals surface area contributed by atoms with Crippen LogP contribution in [0.1, 0.15) is 51.0 Å². The average Bonchev–Trinajstić information content (AvgIpc) is 3.05. The number of nitrogens with zero attached hydrogens (tertiary/aromatic N) is 2. The smallest absolute Gasteiger partial charge is 0.264 e. The first kappa shape index (κ1) is 32.6. The van der Waals surface area contributed by atoms with Crippen LogP contribution in [0.3, 0.4) is 0 Å². The van der Waals surface area contributed by atoms with Gasteiger partial charge in [-0.1, -0.05) is 49.9 Å². The molecule has 1 saturated carbocycles. The Labute approximate surface area is 268 Å². The van der Waals surface area contributed by atoms with Crippen LogP contribution in [0.5, 0.6) is 11.5 Å². The predicted octanol–water partition coefficient (Wildman–Crippen LogP) is 5.70. The molecule has 0 saturated heterocycles. The average molecular weight is 658 g/mol. The summed E-state index contributed by atoms with van der Waals surface area (Å²) in [5.74, 6) is -0.761. The fourth-order valence-corrected chi connectivity index (χ4v) is 7.25. The molecule has 2 aliphatic rings. The maximum atomic E-state index is 14.3. The van der Waals surface area contributed by atoms with Crippen molar-refractivity contribution in [3.63, 3.8) is 0 Å². The van der Waals surface area contributed by atoms with Gasteiger partial charge < -0.3 is 19.7 Å². The first-order valence-corrected chi connectivity index (χ1v) is 17.0. The Bertz CT molecular complexity index is 1600. The third-order valence-corrected chi connectivity index (χ3v) is 10.1. The molecule has 2 amide bonds. The zero-order chi connectivity index (χ0) is 32.0. The predicted molar refractivity (Wildman–Crippen MR) is 169 cm³/mol. The second-order valence-electron chi connectivity index (χ2n) is 11.2. The van der Waals surface area contributed by atoms with Crippen LogP contribution in [0, 0.1) is 5.82 Å². The minimum atomic E-state index is -4.37. The molecule has 1 N–H and O–H groups in total. The molecule has 1 aliphatic carbocycles. The second kappa shape index (κ2) is 14.5. The fraction of sp³-hybridized carbons (Fsp3) is 0.394. The van der Waals surface area contributed by atoms with E-state index in [-0.39, 0.29) is 41.4 Å². The van der Waals surface area contributed by atoms with E-state index in [1.54, 1.807) is 24.3 Å². The maximum Gasteiger partial charge on any atom is 0.264 e. The van der Waals surface area contributed by atoms with Crippen LogP contribution in [-0.4, -0.2) is 57.0 Å². The van der Waals surface area contributed by atoms with Gasteiger partial charge in [0.15, 0.2) is 11.5 Å². The largest absolute Gasteiger partial charge is 0.486 e. The van der Waals surface area contributed by atoms with Crippen LogP contribution in [-0.2, 0) is 26.2 Å². The van der Waals surface area contributed by atoms with Crippen molar-refractivity contribution in [1.82, 2.24) is 10.2 Å².